The first-order valence-corrected chi connectivity index (χ1v) is 3.63. The van der Waals surface area contributed by atoms with Gasteiger partial charge >= 0.3 is 0 Å². The van der Waals surface area contributed by atoms with Crippen LogP contribution in [0.5, 0.6) is 0 Å². The van der Waals surface area contributed by atoms with Gasteiger partial charge in [-0.3, -0.25) is 0 Å². The molecule has 0 radical (unpaired) electrons. The van der Waals surface area contributed by atoms with Crippen molar-refractivity contribution < 1.29 is 4.74 Å². The average molecular weight is 166 g/mol. The van der Waals surface area contributed by atoms with E-state index < -0.39 is 0 Å². The van der Waals surface area contributed by atoms with E-state index in [0.29, 0.717) is 0 Å². The fourth-order valence-corrected chi connectivity index (χ4v) is 1.25. The smallest absolute Gasteiger partial charge is 0.0465 e. The Labute approximate surface area is 68.7 Å². The fraction of sp³-hybridized carbons (Fsp3) is 1.00. The third-order valence-electron chi connectivity index (χ3n) is 1.89. The van der Waals surface area contributed by atoms with Gasteiger partial charge in [-0.15, -0.1) is 12.4 Å². The Morgan fingerprint density at radius 3 is 2.90 bits per heavy atom. The number of halogens is 1. The Kier molecular flexibility index (Phi) is 6.08. The van der Waals surface area contributed by atoms with Gasteiger partial charge in [0.1, 0.15) is 0 Å². The van der Waals surface area contributed by atoms with E-state index in [2.05, 4.69) is 5.32 Å². The highest BCUT2D eigenvalue weighted by molar-refractivity contribution is 5.85. The van der Waals surface area contributed by atoms with Gasteiger partial charge in [-0.1, -0.05) is 0 Å². The highest BCUT2D eigenvalue weighted by Gasteiger charge is 2.12. The van der Waals surface area contributed by atoms with Crippen molar-refractivity contribution in [3.8, 4) is 0 Å². The van der Waals surface area contributed by atoms with Crippen molar-refractivity contribution in [1.82, 2.24) is 5.32 Å². The molecule has 1 atom stereocenters. The standard InChI is InChI=1S/C7H15NO.ClH/c1-9-5-3-7-2-4-8-6-7;/h7-8H,2-6H2,1H3;1H. The van der Waals surface area contributed by atoms with E-state index >= 15 is 0 Å². The van der Waals surface area contributed by atoms with Crippen molar-refractivity contribution in [1.29, 1.82) is 0 Å². The predicted molar refractivity (Wildman–Crippen MR) is 44.7 cm³/mol. The zero-order valence-electron chi connectivity index (χ0n) is 6.43. The quantitative estimate of drug-likeness (QED) is 0.675. The molecule has 1 heterocycles. The molecule has 0 aliphatic carbocycles. The van der Waals surface area contributed by atoms with E-state index in [1.54, 1.807) is 7.11 Å². The van der Waals surface area contributed by atoms with Crippen LogP contribution < -0.4 is 5.32 Å². The second kappa shape index (κ2) is 5.96. The molecule has 0 aromatic rings. The molecule has 0 saturated carbocycles. The molecule has 1 saturated heterocycles. The number of methoxy groups -OCH3 is 1. The van der Waals surface area contributed by atoms with Gasteiger partial charge in [0.2, 0.25) is 0 Å². The highest BCUT2D eigenvalue weighted by Crippen LogP contribution is 2.10. The Bertz CT molecular complexity index is 74.0. The van der Waals surface area contributed by atoms with E-state index in [4.69, 9.17) is 4.74 Å². The van der Waals surface area contributed by atoms with Crippen LogP contribution >= 0.6 is 12.4 Å². The number of rotatable bonds is 3. The summed E-state index contributed by atoms with van der Waals surface area (Å²) < 4.78 is 4.98. The Morgan fingerprint density at radius 1 is 1.60 bits per heavy atom. The van der Waals surface area contributed by atoms with Crippen molar-refractivity contribution in [3.05, 3.63) is 0 Å². The normalized spacial score (nSPS) is 24.3. The molecule has 1 rings (SSSR count). The summed E-state index contributed by atoms with van der Waals surface area (Å²) in [5, 5.41) is 3.33. The van der Waals surface area contributed by atoms with Crippen molar-refractivity contribution in [2.75, 3.05) is 26.8 Å². The maximum atomic E-state index is 4.98. The molecule has 1 N–H and O–H groups in total. The fourth-order valence-electron chi connectivity index (χ4n) is 1.25. The van der Waals surface area contributed by atoms with Gasteiger partial charge < -0.3 is 10.1 Å². The minimum absolute atomic E-state index is 0. The van der Waals surface area contributed by atoms with Crippen molar-refractivity contribution in [3.63, 3.8) is 0 Å². The van der Waals surface area contributed by atoms with E-state index in [-0.39, 0.29) is 12.4 Å². The predicted octanol–water partition coefficient (Wildman–Crippen LogP) is 1.05. The van der Waals surface area contributed by atoms with Crippen LogP contribution in [0.15, 0.2) is 0 Å². The molecule has 2 nitrogen and oxygen atoms in total. The maximum absolute atomic E-state index is 4.98. The minimum Gasteiger partial charge on any atom is -0.385 e. The van der Waals surface area contributed by atoms with Crippen LogP contribution in [-0.2, 0) is 4.74 Å². The molecule has 1 aliphatic rings. The van der Waals surface area contributed by atoms with Crippen LogP contribution in [0.25, 0.3) is 0 Å². The minimum atomic E-state index is 0. The summed E-state index contributed by atoms with van der Waals surface area (Å²) in [6, 6.07) is 0. The van der Waals surface area contributed by atoms with Crippen LogP contribution in [-0.4, -0.2) is 26.8 Å². The Balaban J connectivity index is 0.000000810. The van der Waals surface area contributed by atoms with E-state index in [9.17, 15) is 0 Å². The molecule has 10 heavy (non-hydrogen) atoms. The van der Waals surface area contributed by atoms with Crippen molar-refractivity contribution in [2.45, 2.75) is 12.8 Å². The Hall–Kier alpha value is 0.210. The topological polar surface area (TPSA) is 21.3 Å². The van der Waals surface area contributed by atoms with Crippen molar-refractivity contribution in [2.24, 2.45) is 5.92 Å². The lowest BCUT2D eigenvalue weighted by Crippen LogP contribution is -2.10. The van der Waals surface area contributed by atoms with Crippen LogP contribution in [0.3, 0.4) is 0 Å². The first-order valence-electron chi connectivity index (χ1n) is 3.63. The summed E-state index contributed by atoms with van der Waals surface area (Å²) in [4.78, 5) is 0. The molecule has 1 aliphatic heterocycles. The molecule has 0 bridgehead atoms. The van der Waals surface area contributed by atoms with Crippen LogP contribution in [0.1, 0.15) is 12.8 Å². The molecule has 3 heteroatoms. The Morgan fingerprint density at radius 2 is 2.40 bits per heavy atom. The van der Waals surface area contributed by atoms with Crippen LogP contribution in [0, 0.1) is 5.92 Å². The van der Waals surface area contributed by atoms with E-state index in [0.717, 1.165) is 12.5 Å². The van der Waals surface area contributed by atoms with E-state index in [1.165, 1.54) is 25.9 Å². The zero-order valence-corrected chi connectivity index (χ0v) is 7.25. The van der Waals surface area contributed by atoms with Crippen LogP contribution in [0.4, 0.5) is 0 Å². The lowest BCUT2D eigenvalue weighted by Gasteiger charge is -2.04. The largest absolute Gasteiger partial charge is 0.385 e. The number of ether oxygens (including phenoxy) is 1. The molecule has 0 amide bonds. The highest BCUT2D eigenvalue weighted by atomic mass is 35.5. The molecule has 0 aromatic heterocycles. The van der Waals surface area contributed by atoms with Gasteiger partial charge in [0.25, 0.3) is 0 Å². The first-order chi connectivity index (χ1) is 4.43. The number of hydrogen-bond donors (Lipinski definition) is 1. The molecular formula is C7H16ClNO. The molecule has 62 valence electrons. The molecule has 1 unspecified atom stereocenters. The summed E-state index contributed by atoms with van der Waals surface area (Å²) in [7, 11) is 1.77. The molecule has 1 fully saturated rings. The summed E-state index contributed by atoms with van der Waals surface area (Å²) in [6.07, 6.45) is 2.56. The summed E-state index contributed by atoms with van der Waals surface area (Å²) in [6.45, 7) is 3.32. The second-order valence-electron chi connectivity index (χ2n) is 2.64. The average Bonchev–Trinajstić information content (AvgIpc) is 2.34. The maximum Gasteiger partial charge on any atom is 0.0465 e. The monoisotopic (exact) mass is 165 g/mol. The van der Waals surface area contributed by atoms with Gasteiger partial charge in [0.05, 0.1) is 0 Å². The molecular weight excluding hydrogens is 150 g/mol. The molecule has 0 aromatic carbocycles. The third-order valence-corrected chi connectivity index (χ3v) is 1.89. The summed E-state index contributed by atoms with van der Waals surface area (Å²) in [5.74, 6) is 0.880. The van der Waals surface area contributed by atoms with Gasteiger partial charge in [0, 0.05) is 13.7 Å². The van der Waals surface area contributed by atoms with Gasteiger partial charge in [-0.25, -0.2) is 0 Å². The third kappa shape index (κ3) is 3.40. The lowest BCUT2D eigenvalue weighted by molar-refractivity contribution is 0.180. The van der Waals surface area contributed by atoms with Gasteiger partial charge in [0.15, 0.2) is 0 Å². The SMILES string of the molecule is COCCC1CCNC1.Cl. The van der Waals surface area contributed by atoms with Crippen molar-refractivity contribution >= 4 is 12.4 Å². The van der Waals surface area contributed by atoms with Crippen LogP contribution in [0.2, 0.25) is 0 Å². The van der Waals surface area contributed by atoms with Gasteiger partial charge in [-0.2, -0.15) is 0 Å². The number of nitrogens with one attached hydrogen (secondary N) is 1. The lowest BCUT2D eigenvalue weighted by atomic mass is 10.1. The number of hydrogen-bond acceptors (Lipinski definition) is 2. The van der Waals surface area contributed by atoms with E-state index in [1.807, 2.05) is 0 Å². The first kappa shape index (κ1) is 10.2. The van der Waals surface area contributed by atoms with Gasteiger partial charge in [-0.05, 0) is 31.8 Å². The molecule has 0 spiro atoms. The summed E-state index contributed by atoms with van der Waals surface area (Å²) in [5.41, 5.74) is 0. The zero-order chi connectivity index (χ0) is 6.53. The summed E-state index contributed by atoms with van der Waals surface area (Å²) >= 11 is 0. The second-order valence-corrected chi connectivity index (χ2v) is 2.64.